The van der Waals surface area contributed by atoms with Crippen molar-refractivity contribution in [1.82, 2.24) is 9.88 Å². The van der Waals surface area contributed by atoms with E-state index in [-0.39, 0.29) is 12.1 Å². The summed E-state index contributed by atoms with van der Waals surface area (Å²) in [5.74, 6) is -1.96. The Bertz CT molecular complexity index is 915. The van der Waals surface area contributed by atoms with Crippen LogP contribution in [0.15, 0.2) is 23.0 Å². The van der Waals surface area contributed by atoms with Crippen molar-refractivity contribution in [2.75, 3.05) is 13.2 Å². The zero-order valence-electron chi connectivity index (χ0n) is 15.2. The van der Waals surface area contributed by atoms with Crippen molar-refractivity contribution < 1.29 is 22.7 Å². The lowest BCUT2D eigenvalue weighted by molar-refractivity contribution is -0.187. The Morgan fingerprint density at radius 3 is 2.67 bits per heavy atom. The number of nitrogens with zero attached hydrogens (tertiary/aromatic N) is 1. The zero-order valence-corrected chi connectivity index (χ0v) is 15.2. The number of carbonyl (C=O) groups excluding carboxylic acids is 1. The number of H-pyrrole nitrogens is 1. The largest absolute Gasteiger partial charge is 0.471 e. The molecule has 1 saturated heterocycles. The Morgan fingerprint density at radius 1 is 1.30 bits per heavy atom. The Kier molecular flexibility index (Phi) is 5.28. The van der Waals surface area contributed by atoms with E-state index in [2.05, 4.69) is 4.98 Å². The number of ether oxygens (including phenoxy) is 1. The number of pyridine rings is 1. The van der Waals surface area contributed by atoms with E-state index in [1.165, 1.54) is 0 Å². The first-order chi connectivity index (χ1) is 12.6. The Morgan fingerprint density at radius 2 is 2.04 bits per heavy atom. The van der Waals surface area contributed by atoms with Gasteiger partial charge >= 0.3 is 12.1 Å². The molecule has 0 aliphatic carbocycles. The average Bonchev–Trinajstić information content (AvgIpc) is 3.07. The molecule has 146 valence electrons. The second-order valence-electron chi connectivity index (χ2n) is 6.99. The van der Waals surface area contributed by atoms with E-state index < -0.39 is 30.3 Å². The van der Waals surface area contributed by atoms with Gasteiger partial charge in [0.2, 0.25) is 0 Å². The number of aromatic nitrogens is 1. The van der Waals surface area contributed by atoms with Gasteiger partial charge in [-0.1, -0.05) is 11.6 Å². The number of fused-ring (bicyclic) bond motifs is 1. The molecule has 0 radical (unpaired) electrons. The fraction of sp³-hybridized carbons (Fsp3) is 0.474. The Balaban J connectivity index is 1.95. The summed E-state index contributed by atoms with van der Waals surface area (Å²) in [5.41, 5.74) is 2.10. The standard InChI is InChI=1S/C19H21F3N2O3/c1-11-6-12(2)16-13(7-11)8-14(17(25)23-16)9-24(18(26)19(20,21)22)10-15-4-3-5-27-15/h6-8,15H,3-5,9-10H2,1-2H3,(H,23,25)/t15-/m0/s1. The maximum absolute atomic E-state index is 13.0. The van der Waals surface area contributed by atoms with Crippen LogP contribution in [0.3, 0.4) is 0 Å². The highest BCUT2D eigenvalue weighted by Gasteiger charge is 2.43. The van der Waals surface area contributed by atoms with Gasteiger partial charge in [0.15, 0.2) is 0 Å². The number of aromatic amines is 1. The van der Waals surface area contributed by atoms with Crippen LogP contribution in [0.25, 0.3) is 10.9 Å². The highest BCUT2D eigenvalue weighted by molar-refractivity contribution is 5.84. The molecule has 1 atom stereocenters. The molecule has 1 fully saturated rings. The first-order valence-electron chi connectivity index (χ1n) is 8.76. The van der Waals surface area contributed by atoms with Gasteiger partial charge in [-0.3, -0.25) is 9.59 Å². The fourth-order valence-electron chi connectivity index (χ4n) is 3.49. The van der Waals surface area contributed by atoms with E-state index in [0.29, 0.717) is 23.4 Å². The number of amides is 1. The summed E-state index contributed by atoms with van der Waals surface area (Å²) in [6, 6.07) is 5.31. The second kappa shape index (κ2) is 7.34. The van der Waals surface area contributed by atoms with E-state index in [1.807, 2.05) is 26.0 Å². The molecule has 2 aromatic rings. The molecule has 1 aliphatic rings. The van der Waals surface area contributed by atoms with E-state index in [0.717, 1.165) is 22.9 Å². The van der Waals surface area contributed by atoms with Crippen molar-refractivity contribution in [3.63, 3.8) is 0 Å². The van der Waals surface area contributed by atoms with Crippen LogP contribution in [-0.4, -0.2) is 41.2 Å². The normalized spacial score (nSPS) is 17.4. The third-order valence-electron chi connectivity index (χ3n) is 4.71. The molecule has 5 nitrogen and oxygen atoms in total. The van der Waals surface area contributed by atoms with Crippen LogP contribution in [0.1, 0.15) is 29.5 Å². The van der Waals surface area contributed by atoms with Crippen LogP contribution >= 0.6 is 0 Å². The molecule has 1 amide bonds. The van der Waals surface area contributed by atoms with Crippen molar-refractivity contribution in [1.29, 1.82) is 0 Å². The predicted molar refractivity (Wildman–Crippen MR) is 94.5 cm³/mol. The lowest BCUT2D eigenvalue weighted by Gasteiger charge is -2.26. The van der Waals surface area contributed by atoms with Crippen LogP contribution in [-0.2, 0) is 16.1 Å². The van der Waals surface area contributed by atoms with Gasteiger partial charge in [0, 0.05) is 18.7 Å². The lowest BCUT2D eigenvalue weighted by Crippen LogP contribution is -2.45. The number of hydrogen-bond acceptors (Lipinski definition) is 3. The molecule has 3 rings (SSSR count). The molecule has 2 heterocycles. The number of nitrogens with one attached hydrogen (secondary N) is 1. The average molecular weight is 382 g/mol. The molecule has 0 spiro atoms. The summed E-state index contributed by atoms with van der Waals surface area (Å²) in [7, 11) is 0. The minimum Gasteiger partial charge on any atom is -0.376 e. The van der Waals surface area contributed by atoms with Crippen LogP contribution in [0.2, 0.25) is 0 Å². The smallest absolute Gasteiger partial charge is 0.376 e. The van der Waals surface area contributed by atoms with Crippen molar-refractivity contribution in [3.05, 3.63) is 45.2 Å². The molecule has 0 bridgehead atoms. The maximum Gasteiger partial charge on any atom is 0.471 e. The number of hydrogen-bond donors (Lipinski definition) is 1. The van der Waals surface area contributed by atoms with Gasteiger partial charge in [-0.15, -0.1) is 0 Å². The molecule has 27 heavy (non-hydrogen) atoms. The molecule has 0 unspecified atom stereocenters. The van der Waals surface area contributed by atoms with E-state index in [1.54, 1.807) is 6.07 Å². The lowest BCUT2D eigenvalue weighted by atomic mass is 10.0. The van der Waals surface area contributed by atoms with Crippen LogP contribution in [0.4, 0.5) is 13.2 Å². The number of alkyl halides is 3. The summed E-state index contributed by atoms with van der Waals surface area (Å²) in [5, 5.41) is 0.721. The number of aryl methyl sites for hydroxylation is 2. The molecule has 1 aromatic heterocycles. The van der Waals surface area contributed by atoms with Crippen LogP contribution < -0.4 is 5.56 Å². The summed E-state index contributed by atoms with van der Waals surface area (Å²) >= 11 is 0. The van der Waals surface area contributed by atoms with Crippen molar-refractivity contribution in [2.24, 2.45) is 0 Å². The topological polar surface area (TPSA) is 62.4 Å². The molecule has 0 saturated carbocycles. The summed E-state index contributed by atoms with van der Waals surface area (Å²) in [4.78, 5) is 27.7. The first kappa shape index (κ1) is 19.4. The molecule has 8 heteroatoms. The minimum atomic E-state index is -5.00. The predicted octanol–water partition coefficient (Wildman–Crippen LogP) is 3.21. The minimum absolute atomic E-state index is 0.114. The van der Waals surface area contributed by atoms with Gasteiger partial charge in [0.1, 0.15) is 0 Å². The second-order valence-corrected chi connectivity index (χ2v) is 6.99. The first-order valence-corrected chi connectivity index (χ1v) is 8.76. The van der Waals surface area contributed by atoms with E-state index >= 15 is 0 Å². The van der Waals surface area contributed by atoms with Crippen LogP contribution in [0, 0.1) is 13.8 Å². The number of halogens is 3. The molecule has 1 aliphatic heterocycles. The molecular formula is C19H21F3N2O3. The van der Waals surface area contributed by atoms with Crippen molar-refractivity contribution in [2.45, 2.75) is 45.5 Å². The summed E-state index contributed by atoms with van der Waals surface area (Å²) in [6.07, 6.45) is -4.11. The Hall–Kier alpha value is -2.35. The third kappa shape index (κ3) is 4.32. The van der Waals surface area contributed by atoms with Gasteiger partial charge in [-0.05, 0) is 49.8 Å². The maximum atomic E-state index is 13.0. The van der Waals surface area contributed by atoms with Gasteiger partial charge in [-0.2, -0.15) is 13.2 Å². The molecule has 1 N–H and O–H groups in total. The number of rotatable bonds is 4. The van der Waals surface area contributed by atoms with E-state index in [9.17, 15) is 22.8 Å². The molecule has 1 aromatic carbocycles. The fourth-order valence-corrected chi connectivity index (χ4v) is 3.49. The monoisotopic (exact) mass is 382 g/mol. The van der Waals surface area contributed by atoms with E-state index in [4.69, 9.17) is 4.74 Å². The van der Waals surface area contributed by atoms with Crippen LogP contribution in [0.5, 0.6) is 0 Å². The molecular weight excluding hydrogens is 361 g/mol. The van der Waals surface area contributed by atoms with Gasteiger partial charge in [-0.25, -0.2) is 0 Å². The number of benzene rings is 1. The third-order valence-corrected chi connectivity index (χ3v) is 4.71. The van der Waals surface area contributed by atoms with Gasteiger partial charge in [0.25, 0.3) is 5.56 Å². The highest BCUT2D eigenvalue weighted by atomic mass is 19.4. The summed E-state index contributed by atoms with van der Waals surface area (Å²) in [6.45, 7) is 3.60. The van der Waals surface area contributed by atoms with Crippen molar-refractivity contribution in [3.8, 4) is 0 Å². The zero-order chi connectivity index (χ0) is 19.8. The SMILES string of the molecule is Cc1cc(C)c2[nH]c(=O)c(CN(C[C@@H]3CCCO3)C(=O)C(F)(F)F)cc2c1. The van der Waals surface area contributed by atoms with Gasteiger partial charge < -0.3 is 14.6 Å². The number of carbonyl (C=O) groups is 1. The summed E-state index contributed by atoms with van der Waals surface area (Å²) < 4.78 is 44.4. The highest BCUT2D eigenvalue weighted by Crippen LogP contribution is 2.23. The van der Waals surface area contributed by atoms with Crippen molar-refractivity contribution >= 4 is 16.8 Å². The quantitative estimate of drug-likeness (QED) is 0.883. The Labute approximate surface area is 154 Å². The van der Waals surface area contributed by atoms with Gasteiger partial charge in [0.05, 0.1) is 18.2 Å².